The fourth-order valence-electron chi connectivity index (χ4n) is 1.72. The van der Waals surface area contributed by atoms with Crippen LogP contribution in [0.1, 0.15) is 10.4 Å². The van der Waals surface area contributed by atoms with Crippen LogP contribution in [0.15, 0.2) is 23.1 Å². The van der Waals surface area contributed by atoms with E-state index in [0.717, 1.165) is 0 Å². The first kappa shape index (κ1) is 15.5. The van der Waals surface area contributed by atoms with Gasteiger partial charge in [0.2, 0.25) is 0 Å². The molecule has 1 aromatic carbocycles. The number of benzene rings is 1. The van der Waals surface area contributed by atoms with Crippen molar-refractivity contribution in [3.8, 4) is 0 Å². The molecule has 2 rings (SSSR count). The fourth-order valence-corrected chi connectivity index (χ4v) is 3.75. The summed E-state index contributed by atoms with van der Waals surface area (Å²) in [5, 5.41) is 0. The Labute approximate surface area is 125 Å². The van der Waals surface area contributed by atoms with Crippen LogP contribution in [-0.4, -0.2) is 38.1 Å². The average Bonchev–Trinajstić information content (AvgIpc) is 2.48. The van der Waals surface area contributed by atoms with Gasteiger partial charge >= 0.3 is 6.36 Å². The number of nitrogens with zero attached hydrogens (tertiary/aromatic N) is 1. The average molecular weight is 421 g/mol. The molecule has 0 atom stereocenters. The number of fused-ring (bicyclic) bond motifs is 1. The first-order chi connectivity index (χ1) is 9.13. The quantitative estimate of drug-likeness (QED) is 0.701. The zero-order valence-electron chi connectivity index (χ0n) is 9.65. The number of carbonyl (C=O) groups is 1. The SMILES string of the molecule is O=C1c2cc(I)ccc2S(=O)(=O)N1CCOC(F)(F)F. The van der Waals surface area contributed by atoms with Crippen molar-refractivity contribution in [3.63, 3.8) is 0 Å². The van der Waals surface area contributed by atoms with Gasteiger partial charge in [-0.3, -0.25) is 9.53 Å². The molecule has 110 valence electrons. The van der Waals surface area contributed by atoms with Gasteiger partial charge in [-0.05, 0) is 40.8 Å². The molecular formula is C10H7F3INO4S. The van der Waals surface area contributed by atoms with Crippen molar-refractivity contribution in [2.75, 3.05) is 13.2 Å². The molecule has 1 aliphatic heterocycles. The summed E-state index contributed by atoms with van der Waals surface area (Å²) in [6, 6.07) is 4.13. The largest absolute Gasteiger partial charge is 0.522 e. The highest BCUT2D eigenvalue weighted by Gasteiger charge is 2.41. The number of amides is 1. The van der Waals surface area contributed by atoms with Crippen molar-refractivity contribution in [1.29, 1.82) is 0 Å². The lowest BCUT2D eigenvalue weighted by atomic mass is 10.2. The van der Waals surface area contributed by atoms with E-state index >= 15 is 0 Å². The summed E-state index contributed by atoms with van der Waals surface area (Å²) in [5.41, 5.74) is -0.0380. The maximum absolute atomic E-state index is 12.0. The number of hydrogen-bond acceptors (Lipinski definition) is 4. The standard InChI is InChI=1S/C10H7F3INO4S/c11-10(12,13)19-4-3-15-9(16)7-5-6(14)1-2-8(7)20(15,17)18/h1-2,5H,3-4H2. The van der Waals surface area contributed by atoms with Crippen LogP contribution in [0, 0.1) is 3.57 Å². The number of alkyl halides is 3. The highest BCUT2D eigenvalue weighted by Crippen LogP contribution is 2.31. The lowest BCUT2D eigenvalue weighted by Gasteiger charge is -2.15. The molecule has 1 aromatic rings. The van der Waals surface area contributed by atoms with Gasteiger partial charge in [-0.2, -0.15) is 0 Å². The third kappa shape index (κ3) is 2.91. The van der Waals surface area contributed by atoms with Crippen LogP contribution in [0.3, 0.4) is 0 Å². The molecule has 0 saturated carbocycles. The van der Waals surface area contributed by atoms with Crippen molar-refractivity contribution in [3.05, 3.63) is 27.3 Å². The highest BCUT2D eigenvalue weighted by atomic mass is 127. The lowest BCUT2D eigenvalue weighted by Crippen LogP contribution is -2.34. The minimum absolute atomic E-state index is 0.0380. The summed E-state index contributed by atoms with van der Waals surface area (Å²) in [6.07, 6.45) is -4.87. The smallest absolute Gasteiger partial charge is 0.290 e. The molecule has 1 amide bonds. The predicted octanol–water partition coefficient (Wildman–Crippen LogP) is 1.97. The highest BCUT2D eigenvalue weighted by molar-refractivity contribution is 14.1. The predicted molar refractivity (Wildman–Crippen MR) is 69.4 cm³/mol. The molecule has 0 fully saturated rings. The Morgan fingerprint density at radius 1 is 1.30 bits per heavy atom. The van der Waals surface area contributed by atoms with E-state index in [9.17, 15) is 26.4 Å². The molecule has 10 heteroatoms. The Kier molecular flexibility index (Phi) is 3.99. The Hall–Kier alpha value is -0.880. The van der Waals surface area contributed by atoms with Crippen LogP contribution in [0.25, 0.3) is 0 Å². The molecule has 0 aliphatic carbocycles. The summed E-state index contributed by atoms with van der Waals surface area (Å²) in [5.74, 6) is -0.843. The van der Waals surface area contributed by atoms with Gasteiger partial charge in [0, 0.05) is 3.57 Å². The zero-order valence-corrected chi connectivity index (χ0v) is 12.6. The second-order valence-electron chi connectivity index (χ2n) is 3.82. The minimum Gasteiger partial charge on any atom is -0.290 e. The number of ether oxygens (including phenoxy) is 1. The summed E-state index contributed by atoms with van der Waals surface area (Å²) in [4.78, 5) is 11.7. The second-order valence-corrected chi connectivity index (χ2v) is 6.89. The van der Waals surface area contributed by atoms with E-state index in [-0.39, 0.29) is 10.5 Å². The van der Waals surface area contributed by atoms with E-state index < -0.39 is 35.4 Å². The van der Waals surface area contributed by atoms with Gasteiger partial charge < -0.3 is 0 Å². The van der Waals surface area contributed by atoms with Crippen LogP contribution in [0.2, 0.25) is 0 Å². The van der Waals surface area contributed by atoms with E-state index in [4.69, 9.17) is 0 Å². The number of rotatable bonds is 3. The summed E-state index contributed by atoms with van der Waals surface area (Å²) in [6.45, 7) is -1.63. The summed E-state index contributed by atoms with van der Waals surface area (Å²) < 4.78 is 64.2. The van der Waals surface area contributed by atoms with E-state index in [1.54, 1.807) is 0 Å². The molecule has 1 heterocycles. The van der Waals surface area contributed by atoms with E-state index in [2.05, 4.69) is 4.74 Å². The van der Waals surface area contributed by atoms with Gasteiger partial charge in [-0.1, -0.05) is 0 Å². The molecule has 0 aromatic heterocycles. The second kappa shape index (κ2) is 5.15. The van der Waals surface area contributed by atoms with Gasteiger partial charge in [-0.15, -0.1) is 13.2 Å². The first-order valence-electron chi connectivity index (χ1n) is 5.20. The molecule has 0 saturated heterocycles. The van der Waals surface area contributed by atoms with Gasteiger partial charge in [0.25, 0.3) is 15.9 Å². The molecule has 0 N–H and O–H groups in total. The zero-order chi connectivity index (χ0) is 15.1. The number of halogens is 4. The third-order valence-corrected chi connectivity index (χ3v) is 5.04. The molecule has 1 aliphatic rings. The molecule has 0 bridgehead atoms. The van der Waals surface area contributed by atoms with Crippen molar-refractivity contribution in [2.45, 2.75) is 11.3 Å². The molecule has 5 nitrogen and oxygen atoms in total. The van der Waals surface area contributed by atoms with Crippen LogP contribution in [-0.2, 0) is 14.8 Å². The Balaban J connectivity index is 2.24. The molecule has 0 radical (unpaired) electrons. The Morgan fingerprint density at radius 2 is 1.95 bits per heavy atom. The van der Waals surface area contributed by atoms with Crippen molar-refractivity contribution < 1.29 is 31.1 Å². The van der Waals surface area contributed by atoms with Crippen molar-refractivity contribution in [2.24, 2.45) is 0 Å². The van der Waals surface area contributed by atoms with Gasteiger partial charge in [-0.25, -0.2) is 12.7 Å². The lowest BCUT2D eigenvalue weighted by molar-refractivity contribution is -0.324. The minimum atomic E-state index is -4.87. The van der Waals surface area contributed by atoms with Crippen LogP contribution in [0.5, 0.6) is 0 Å². The normalized spacial score (nSPS) is 17.4. The van der Waals surface area contributed by atoms with E-state index in [1.807, 2.05) is 22.6 Å². The van der Waals surface area contributed by atoms with Crippen molar-refractivity contribution in [1.82, 2.24) is 4.31 Å². The molecular weight excluding hydrogens is 414 g/mol. The first-order valence-corrected chi connectivity index (χ1v) is 7.72. The Morgan fingerprint density at radius 3 is 2.55 bits per heavy atom. The third-order valence-electron chi connectivity index (χ3n) is 2.53. The van der Waals surface area contributed by atoms with E-state index in [1.165, 1.54) is 18.2 Å². The van der Waals surface area contributed by atoms with E-state index in [0.29, 0.717) is 7.88 Å². The number of carbonyl (C=O) groups excluding carboxylic acids is 1. The summed E-state index contributed by atoms with van der Waals surface area (Å²) in [7, 11) is -4.10. The van der Waals surface area contributed by atoms with Gasteiger partial charge in [0.05, 0.1) is 18.7 Å². The summed E-state index contributed by atoms with van der Waals surface area (Å²) >= 11 is 1.90. The van der Waals surface area contributed by atoms with Crippen LogP contribution >= 0.6 is 22.6 Å². The molecule has 20 heavy (non-hydrogen) atoms. The van der Waals surface area contributed by atoms with Crippen LogP contribution in [0.4, 0.5) is 13.2 Å². The van der Waals surface area contributed by atoms with Crippen LogP contribution < -0.4 is 0 Å². The fraction of sp³-hybridized carbons (Fsp3) is 0.300. The van der Waals surface area contributed by atoms with Crippen molar-refractivity contribution >= 4 is 38.5 Å². The maximum atomic E-state index is 12.0. The molecule has 0 unspecified atom stereocenters. The number of sulfonamides is 1. The van der Waals surface area contributed by atoms with Gasteiger partial charge in [0.15, 0.2) is 0 Å². The van der Waals surface area contributed by atoms with Gasteiger partial charge in [0.1, 0.15) is 4.90 Å². The maximum Gasteiger partial charge on any atom is 0.522 e. The monoisotopic (exact) mass is 421 g/mol. The topological polar surface area (TPSA) is 63.7 Å². The molecule has 0 spiro atoms. The number of hydrogen-bond donors (Lipinski definition) is 0. The Bertz CT molecular complexity index is 659.